The van der Waals surface area contributed by atoms with Gasteiger partial charge in [0, 0.05) is 18.6 Å². The molecule has 6 nitrogen and oxygen atoms in total. The first-order valence-corrected chi connectivity index (χ1v) is 4.68. The number of carbonyl (C=O) groups excluding carboxylic acids is 1. The molecule has 0 radical (unpaired) electrons. The number of carbonyl (C=O) groups is 1. The Bertz CT molecular complexity index is 464. The molecular weight excluding hydrogens is 208 g/mol. The van der Waals surface area contributed by atoms with Gasteiger partial charge in [0.15, 0.2) is 0 Å². The number of ether oxygens (including phenoxy) is 1. The molecule has 82 valence electrons. The third-order valence-corrected chi connectivity index (χ3v) is 1.89. The van der Waals surface area contributed by atoms with Gasteiger partial charge in [0.1, 0.15) is 12.9 Å². The van der Waals surface area contributed by atoms with Crippen LogP contribution in [-0.2, 0) is 11.3 Å². The van der Waals surface area contributed by atoms with E-state index in [-0.39, 0.29) is 6.61 Å². The average molecular weight is 218 g/mol. The number of rotatable bonds is 2. The van der Waals surface area contributed by atoms with Crippen LogP contribution in [0.4, 0.5) is 4.79 Å². The molecule has 0 aromatic carbocycles. The van der Waals surface area contributed by atoms with Gasteiger partial charge in [-0.3, -0.25) is 9.97 Å². The number of hydrogen-bond acceptors (Lipinski definition) is 5. The van der Waals surface area contributed by atoms with Gasteiger partial charge in [-0.25, -0.2) is 14.3 Å². The van der Waals surface area contributed by atoms with E-state index in [1.807, 2.05) is 6.92 Å². The summed E-state index contributed by atoms with van der Waals surface area (Å²) in [6.45, 7) is 1.94. The van der Waals surface area contributed by atoms with Gasteiger partial charge in [-0.2, -0.15) is 0 Å². The Morgan fingerprint density at radius 3 is 2.94 bits per heavy atom. The second kappa shape index (κ2) is 4.52. The zero-order chi connectivity index (χ0) is 11.4. The zero-order valence-corrected chi connectivity index (χ0v) is 8.70. The maximum atomic E-state index is 11.4. The van der Waals surface area contributed by atoms with Gasteiger partial charge in [-0.1, -0.05) is 0 Å². The molecule has 6 heteroatoms. The summed E-state index contributed by atoms with van der Waals surface area (Å²) in [5.41, 5.74) is 1.43. The normalized spacial score (nSPS) is 10.1. The van der Waals surface area contributed by atoms with Crippen molar-refractivity contribution in [3.8, 4) is 0 Å². The molecule has 0 amide bonds. The monoisotopic (exact) mass is 218 g/mol. The highest BCUT2D eigenvalue weighted by Crippen LogP contribution is 1.98. The molecule has 0 saturated heterocycles. The molecule has 16 heavy (non-hydrogen) atoms. The maximum Gasteiger partial charge on any atom is 0.419 e. The molecule has 0 spiro atoms. The first kappa shape index (κ1) is 10.3. The molecule has 0 fully saturated rings. The van der Waals surface area contributed by atoms with Crippen LogP contribution >= 0.6 is 0 Å². The van der Waals surface area contributed by atoms with Crippen molar-refractivity contribution in [2.24, 2.45) is 0 Å². The van der Waals surface area contributed by atoms with Crippen molar-refractivity contribution in [1.82, 2.24) is 19.5 Å². The minimum atomic E-state index is -0.486. The van der Waals surface area contributed by atoms with Crippen LogP contribution in [0, 0.1) is 6.92 Å². The molecule has 2 aromatic heterocycles. The molecule has 0 aliphatic carbocycles. The molecule has 2 aromatic rings. The standard InChI is InChI=1S/C10H10N4O2/c1-8-4-13-9(5-12-8)6-16-10(15)14-3-2-11-7-14/h2-5,7H,6H2,1H3. The summed E-state index contributed by atoms with van der Waals surface area (Å²) in [5, 5.41) is 0. The van der Waals surface area contributed by atoms with Crippen LogP contribution in [-0.4, -0.2) is 25.6 Å². The lowest BCUT2D eigenvalue weighted by Gasteiger charge is -2.03. The van der Waals surface area contributed by atoms with Gasteiger partial charge in [-0.05, 0) is 6.92 Å². The van der Waals surface area contributed by atoms with Crippen LogP contribution in [0.2, 0.25) is 0 Å². The Kier molecular flexibility index (Phi) is 2.90. The van der Waals surface area contributed by atoms with Gasteiger partial charge in [-0.15, -0.1) is 0 Å². The average Bonchev–Trinajstić information content (AvgIpc) is 2.81. The summed E-state index contributed by atoms with van der Waals surface area (Å²) in [5.74, 6) is 0. The lowest BCUT2D eigenvalue weighted by atomic mass is 10.4. The summed E-state index contributed by atoms with van der Waals surface area (Å²) >= 11 is 0. The van der Waals surface area contributed by atoms with Crippen molar-refractivity contribution < 1.29 is 9.53 Å². The Balaban J connectivity index is 1.93. The second-order valence-electron chi connectivity index (χ2n) is 3.17. The van der Waals surface area contributed by atoms with Gasteiger partial charge < -0.3 is 4.74 Å². The molecular formula is C10H10N4O2. The van der Waals surface area contributed by atoms with E-state index in [2.05, 4.69) is 15.0 Å². The summed E-state index contributed by atoms with van der Waals surface area (Å²) < 4.78 is 6.25. The van der Waals surface area contributed by atoms with Crippen molar-refractivity contribution >= 4 is 6.09 Å². The van der Waals surface area contributed by atoms with Crippen LogP contribution in [0.1, 0.15) is 11.4 Å². The third kappa shape index (κ3) is 2.41. The zero-order valence-electron chi connectivity index (χ0n) is 8.70. The fraction of sp³-hybridized carbons (Fsp3) is 0.200. The maximum absolute atomic E-state index is 11.4. The largest absolute Gasteiger partial charge is 0.442 e. The van der Waals surface area contributed by atoms with Crippen LogP contribution in [0.25, 0.3) is 0 Å². The molecule has 0 aliphatic heterocycles. The lowest BCUT2D eigenvalue weighted by Crippen LogP contribution is -2.12. The highest BCUT2D eigenvalue weighted by atomic mass is 16.5. The highest BCUT2D eigenvalue weighted by Gasteiger charge is 2.05. The Morgan fingerprint density at radius 2 is 2.31 bits per heavy atom. The predicted octanol–water partition coefficient (Wildman–Crippen LogP) is 1.17. The van der Waals surface area contributed by atoms with E-state index in [0.717, 1.165) is 5.69 Å². The minimum absolute atomic E-state index is 0.101. The van der Waals surface area contributed by atoms with Gasteiger partial charge in [0.05, 0.1) is 17.6 Å². The van der Waals surface area contributed by atoms with Crippen molar-refractivity contribution in [3.05, 3.63) is 42.5 Å². The molecule has 2 rings (SSSR count). The van der Waals surface area contributed by atoms with E-state index in [0.29, 0.717) is 5.69 Å². The smallest absolute Gasteiger partial charge is 0.419 e. The topological polar surface area (TPSA) is 69.9 Å². The molecule has 0 bridgehead atoms. The third-order valence-electron chi connectivity index (χ3n) is 1.89. The van der Waals surface area contributed by atoms with E-state index < -0.39 is 6.09 Å². The van der Waals surface area contributed by atoms with Gasteiger partial charge in [0.25, 0.3) is 0 Å². The number of imidazole rings is 1. The molecule has 0 aliphatic rings. The SMILES string of the molecule is Cc1cnc(COC(=O)n2ccnc2)cn1. The fourth-order valence-corrected chi connectivity index (χ4v) is 1.07. The highest BCUT2D eigenvalue weighted by molar-refractivity contribution is 5.69. The van der Waals surface area contributed by atoms with Crippen molar-refractivity contribution in [3.63, 3.8) is 0 Å². The lowest BCUT2D eigenvalue weighted by molar-refractivity contribution is 0.139. The molecule has 0 N–H and O–H groups in total. The van der Waals surface area contributed by atoms with Gasteiger partial charge >= 0.3 is 6.09 Å². The quantitative estimate of drug-likeness (QED) is 0.756. The minimum Gasteiger partial charge on any atom is -0.442 e. The van der Waals surface area contributed by atoms with Crippen molar-refractivity contribution in [2.45, 2.75) is 13.5 Å². The van der Waals surface area contributed by atoms with E-state index in [1.54, 1.807) is 12.4 Å². The Hall–Kier alpha value is -2.24. The first-order valence-electron chi connectivity index (χ1n) is 4.68. The molecule has 0 saturated carbocycles. The Morgan fingerprint density at radius 1 is 1.44 bits per heavy atom. The number of aryl methyl sites for hydroxylation is 1. The summed E-state index contributed by atoms with van der Waals surface area (Å²) in [6, 6.07) is 0. The van der Waals surface area contributed by atoms with E-state index >= 15 is 0 Å². The number of hydrogen-bond donors (Lipinski definition) is 0. The van der Waals surface area contributed by atoms with E-state index in [1.165, 1.54) is 23.3 Å². The van der Waals surface area contributed by atoms with Crippen LogP contribution in [0.3, 0.4) is 0 Å². The van der Waals surface area contributed by atoms with E-state index in [4.69, 9.17) is 4.74 Å². The Labute approximate surface area is 91.9 Å². The van der Waals surface area contributed by atoms with Crippen LogP contribution in [0.5, 0.6) is 0 Å². The van der Waals surface area contributed by atoms with E-state index in [9.17, 15) is 4.79 Å². The number of aromatic nitrogens is 4. The first-order chi connectivity index (χ1) is 7.75. The van der Waals surface area contributed by atoms with Gasteiger partial charge in [0.2, 0.25) is 0 Å². The summed E-state index contributed by atoms with van der Waals surface area (Å²) in [7, 11) is 0. The molecule has 0 atom stereocenters. The van der Waals surface area contributed by atoms with Crippen molar-refractivity contribution in [2.75, 3.05) is 0 Å². The van der Waals surface area contributed by atoms with Crippen LogP contribution in [0.15, 0.2) is 31.1 Å². The number of nitrogens with zero attached hydrogens (tertiary/aromatic N) is 4. The molecule has 0 unspecified atom stereocenters. The fourth-order valence-electron chi connectivity index (χ4n) is 1.07. The van der Waals surface area contributed by atoms with Crippen LogP contribution < -0.4 is 0 Å². The summed E-state index contributed by atoms with van der Waals surface area (Å²) in [6.07, 6.45) is 7.12. The predicted molar refractivity (Wildman–Crippen MR) is 54.6 cm³/mol. The summed E-state index contributed by atoms with van der Waals surface area (Å²) in [4.78, 5) is 23.3. The van der Waals surface area contributed by atoms with Crippen molar-refractivity contribution in [1.29, 1.82) is 0 Å². The second-order valence-corrected chi connectivity index (χ2v) is 3.17. The molecule has 2 heterocycles.